The molecule has 5 nitrogen and oxygen atoms in total. The van der Waals surface area contributed by atoms with E-state index in [4.69, 9.17) is 0 Å². The number of hydrazine groups is 1. The van der Waals surface area contributed by atoms with Gasteiger partial charge in [0.1, 0.15) is 5.92 Å². The van der Waals surface area contributed by atoms with Crippen LogP contribution in [0.2, 0.25) is 0 Å². The molecule has 0 radical (unpaired) electrons. The van der Waals surface area contributed by atoms with Gasteiger partial charge in [0.05, 0.1) is 17.5 Å². The lowest BCUT2D eigenvalue weighted by Gasteiger charge is -2.27. The highest BCUT2D eigenvalue weighted by Crippen LogP contribution is 2.33. The molecule has 0 saturated carbocycles. The lowest BCUT2D eigenvalue weighted by molar-refractivity contribution is -0.127. The van der Waals surface area contributed by atoms with Gasteiger partial charge in [-0.1, -0.05) is 36.4 Å². The van der Waals surface area contributed by atoms with Crippen molar-refractivity contribution >= 4 is 23.2 Å². The Bertz CT molecular complexity index is 658. The van der Waals surface area contributed by atoms with E-state index in [0.29, 0.717) is 24.2 Å². The molecule has 2 aromatic rings. The molecule has 0 spiro atoms. The first-order valence-corrected chi connectivity index (χ1v) is 8.05. The Labute approximate surface area is 141 Å². The van der Waals surface area contributed by atoms with E-state index in [2.05, 4.69) is 0 Å². The van der Waals surface area contributed by atoms with Gasteiger partial charge >= 0.3 is 0 Å². The third kappa shape index (κ3) is 3.03. The molecule has 1 fully saturated rings. The molecule has 0 aliphatic carbocycles. The summed E-state index contributed by atoms with van der Waals surface area (Å²) in [5.74, 6) is -1.27. The summed E-state index contributed by atoms with van der Waals surface area (Å²) in [4.78, 5) is 25.8. The Morgan fingerprint density at radius 3 is 1.67 bits per heavy atom. The number of carbonyl (C=O) groups excluding carboxylic acids is 2. The monoisotopic (exact) mass is 324 g/mol. The summed E-state index contributed by atoms with van der Waals surface area (Å²) in [5.41, 5.74) is 1.30. The summed E-state index contributed by atoms with van der Waals surface area (Å²) >= 11 is 0. The van der Waals surface area contributed by atoms with Gasteiger partial charge in [0.25, 0.3) is 11.8 Å². The highest BCUT2D eigenvalue weighted by molar-refractivity contribution is 6.22. The summed E-state index contributed by atoms with van der Waals surface area (Å²) in [6, 6.07) is 18.3. The van der Waals surface area contributed by atoms with Gasteiger partial charge in [-0.25, -0.2) is 10.0 Å². The van der Waals surface area contributed by atoms with E-state index in [-0.39, 0.29) is 11.8 Å². The zero-order valence-corrected chi connectivity index (χ0v) is 13.5. The molecule has 2 amide bonds. The predicted molar refractivity (Wildman–Crippen MR) is 92.3 cm³/mol. The van der Waals surface area contributed by atoms with Gasteiger partial charge in [-0.05, 0) is 44.0 Å². The van der Waals surface area contributed by atoms with Crippen LogP contribution in [-0.2, 0) is 9.59 Å². The first kappa shape index (κ1) is 16.2. The zero-order chi connectivity index (χ0) is 17.1. The second kappa shape index (κ2) is 6.84. The van der Waals surface area contributed by atoms with Crippen molar-refractivity contribution < 1.29 is 14.7 Å². The van der Waals surface area contributed by atoms with E-state index in [1.54, 1.807) is 31.2 Å². The van der Waals surface area contributed by atoms with Gasteiger partial charge in [-0.2, -0.15) is 0 Å². The van der Waals surface area contributed by atoms with Crippen LogP contribution in [0.15, 0.2) is 60.7 Å². The molecule has 1 saturated heterocycles. The van der Waals surface area contributed by atoms with Crippen molar-refractivity contribution in [3.63, 3.8) is 0 Å². The quantitative estimate of drug-likeness (QED) is 0.860. The van der Waals surface area contributed by atoms with Crippen LogP contribution in [0.4, 0.5) is 11.4 Å². The lowest BCUT2D eigenvalue weighted by Crippen LogP contribution is -2.41. The molecule has 3 rings (SSSR count). The third-order valence-corrected chi connectivity index (χ3v) is 4.09. The van der Waals surface area contributed by atoms with E-state index >= 15 is 0 Å². The van der Waals surface area contributed by atoms with Gasteiger partial charge in [0.15, 0.2) is 0 Å². The molecule has 1 aliphatic rings. The SMILES string of the molecule is C[C@@H](O)CCC1C(=O)N(c2ccccc2)N(c2ccccc2)C1=O. The molecule has 124 valence electrons. The summed E-state index contributed by atoms with van der Waals surface area (Å²) in [6.07, 6.45) is 0.205. The van der Waals surface area contributed by atoms with Gasteiger partial charge in [-0.3, -0.25) is 9.59 Å². The maximum Gasteiger partial charge on any atom is 0.258 e. The van der Waals surface area contributed by atoms with Crippen LogP contribution in [0.25, 0.3) is 0 Å². The Morgan fingerprint density at radius 2 is 1.29 bits per heavy atom. The Morgan fingerprint density at radius 1 is 0.875 bits per heavy atom. The highest BCUT2D eigenvalue weighted by Gasteiger charge is 2.46. The number of anilines is 2. The Balaban J connectivity index is 1.99. The fourth-order valence-electron chi connectivity index (χ4n) is 2.88. The van der Waals surface area contributed by atoms with Crippen LogP contribution in [0.1, 0.15) is 19.8 Å². The number of benzene rings is 2. The summed E-state index contributed by atoms with van der Waals surface area (Å²) in [6.45, 7) is 1.66. The summed E-state index contributed by atoms with van der Waals surface area (Å²) < 4.78 is 0. The predicted octanol–water partition coefficient (Wildman–Crippen LogP) is 2.76. The Kier molecular flexibility index (Phi) is 4.62. The summed E-state index contributed by atoms with van der Waals surface area (Å²) in [7, 11) is 0. The number of carbonyl (C=O) groups is 2. The first-order chi connectivity index (χ1) is 11.6. The maximum atomic E-state index is 12.9. The number of nitrogens with zero attached hydrogens (tertiary/aromatic N) is 2. The van der Waals surface area contributed by atoms with E-state index in [1.165, 1.54) is 10.0 Å². The minimum atomic E-state index is -0.764. The number of hydrogen-bond acceptors (Lipinski definition) is 3. The number of rotatable bonds is 5. The highest BCUT2D eigenvalue weighted by atomic mass is 16.3. The summed E-state index contributed by atoms with van der Waals surface area (Å²) in [5, 5.41) is 12.4. The van der Waals surface area contributed by atoms with Crippen LogP contribution in [0, 0.1) is 5.92 Å². The molecule has 1 heterocycles. The van der Waals surface area contributed by atoms with Crippen LogP contribution < -0.4 is 10.0 Å². The molecule has 1 N–H and O–H groups in total. The Hall–Kier alpha value is -2.66. The second-order valence-electron chi connectivity index (χ2n) is 5.95. The third-order valence-electron chi connectivity index (χ3n) is 4.09. The van der Waals surface area contributed by atoms with Crippen LogP contribution in [-0.4, -0.2) is 23.0 Å². The average Bonchev–Trinajstić information content (AvgIpc) is 2.85. The molecule has 0 bridgehead atoms. The van der Waals surface area contributed by atoms with E-state index in [9.17, 15) is 14.7 Å². The molecular formula is C19H20N2O3. The van der Waals surface area contributed by atoms with E-state index < -0.39 is 12.0 Å². The van der Waals surface area contributed by atoms with Crippen molar-refractivity contribution in [3.8, 4) is 0 Å². The average molecular weight is 324 g/mol. The minimum Gasteiger partial charge on any atom is -0.393 e. The van der Waals surface area contributed by atoms with Crippen molar-refractivity contribution in [2.24, 2.45) is 5.92 Å². The number of aliphatic hydroxyl groups excluding tert-OH is 1. The van der Waals surface area contributed by atoms with Crippen molar-refractivity contribution in [1.82, 2.24) is 0 Å². The van der Waals surface area contributed by atoms with Gasteiger partial charge in [0.2, 0.25) is 0 Å². The van der Waals surface area contributed by atoms with E-state index in [1.807, 2.05) is 36.4 Å². The molecule has 1 aliphatic heterocycles. The number of amides is 2. The molecule has 5 heteroatoms. The number of aliphatic hydroxyl groups is 1. The molecule has 0 unspecified atom stereocenters. The number of hydrogen-bond donors (Lipinski definition) is 1. The molecule has 2 aromatic carbocycles. The maximum absolute atomic E-state index is 12.9. The van der Waals surface area contributed by atoms with Gasteiger partial charge < -0.3 is 5.11 Å². The first-order valence-electron chi connectivity index (χ1n) is 8.05. The smallest absolute Gasteiger partial charge is 0.258 e. The van der Waals surface area contributed by atoms with Gasteiger partial charge in [-0.15, -0.1) is 0 Å². The van der Waals surface area contributed by atoms with Crippen LogP contribution in [0.5, 0.6) is 0 Å². The molecule has 0 aromatic heterocycles. The zero-order valence-electron chi connectivity index (χ0n) is 13.5. The lowest BCUT2D eigenvalue weighted by atomic mass is 10.0. The van der Waals surface area contributed by atoms with Crippen LogP contribution >= 0.6 is 0 Å². The second-order valence-corrected chi connectivity index (χ2v) is 5.95. The van der Waals surface area contributed by atoms with Crippen molar-refractivity contribution in [1.29, 1.82) is 0 Å². The fourth-order valence-corrected chi connectivity index (χ4v) is 2.88. The van der Waals surface area contributed by atoms with Gasteiger partial charge in [0, 0.05) is 0 Å². The van der Waals surface area contributed by atoms with Crippen molar-refractivity contribution in [3.05, 3.63) is 60.7 Å². The largest absolute Gasteiger partial charge is 0.393 e. The molecular weight excluding hydrogens is 304 g/mol. The van der Waals surface area contributed by atoms with Crippen molar-refractivity contribution in [2.45, 2.75) is 25.9 Å². The molecule has 24 heavy (non-hydrogen) atoms. The normalized spacial score (nSPS) is 16.8. The fraction of sp³-hybridized carbons (Fsp3) is 0.263. The topological polar surface area (TPSA) is 60.9 Å². The van der Waals surface area contributed by atoms with E-state index in [0.717, 1.165) is 0 Å². The van der Waals surface area contributed by atoms with Crippen molar-refractivity contribution in [2.75, 3.05) is 10.0 Å². The van der Waals surface area contributed by atoms with Crippen LogP contribution in [0.3, 0.4) is 0 Å². The number of para-hydroxylation sites is 2. The standard InChI is InChI=1S/C19H20N2O3/c1-14(22)12-13-17-18(23)20(15-8-4-2-5-9-15)21(19(17)24)16-10-6-3-7-11-16/h2-11,14,17,22H,12-13H2,1H3/t14-/m1/s1. The minimum absolute atomic E-state index is 0.254. The molecule has 1 atom stereocenters.